The summed E-state index contributed by atoms with van der Waals surface area (Å²) in [5.41, 5.74) is 6.32. The normalized spacial score (nSPS) is 17.2. The second-order valence-corrected chi connectivity index (χ2v) is 3.77. The fourth-order valence-corrected chi connectivity index (χ4v) is 1.68. The first kappa shape index (κ1) is 11.2. The van der Waals surface area contributed by atoms with Crippen LogP contribution in [0, 0.1) is 0 Å². The topological polar surface area (TPSA) is 64.2 Å². The van der Waals surface area contributed by atoms with E-state index in [9.17, 15) is 0 Å². The van der Waals surface area contributed by atoms with Gasteiger partial charge in [-0.25, -0.2) is 0 Å². The molecule has 1 aliphatic heterocycles. The van der Waals surface area contributed by atoms with Crippen molar-refractivity contribution in [3.8, 4) is 5.75 Å². The van der Waals surface area contributed by atoms with Gasteiger partial charge in [0.1, 0.15) is 12.4 Å². The maximum atomic E-state index is 5.72. The Morgan fingerprint density at radius 2 is 2.25 bits per heavy atom. The average Bonchev–Trinajstić information content (AvgIpc) is 2.33. The van der Waals surface area contributed by atoms with E-state index in [0.717, 1.165) is 38.6 Å². The van der Waals surface area contributed by atoms with Gasteiger partial charge in [-0.3, -0.25) is 9.88 Å². The molecule has 3 N–H and O–H groups in total. The Kier molecular flexibility index (Phi) is 3.96. The van der Waals surface area contributed by atoms with Crippen LogP contribution >= 0.6 is 0 Å². The molecule has 0 aromatic carbocycles. The van der Waals surface area contributed by atoms with Gasteiger partial charge in [-0.2, -0.15) is 0 Å². The van der Waals surface area contributed by atoms with Crippen molar-refractivity contribution in [3.63, 3.8) is 0 Å². The fraction of sp³-hybridized carbons (Fsp3) is 0.545. The Morgan fingerprint density at radius 3 is 3.00 bits per heavy atom. The first-order valence-corrected chi connectivity index (χ1v) is 5.54. The van der Waals surface area contributed by atoms with Gasteiger partial charge in [-0.05, 0) is 0 Å². The predicted octanol–water partition coefficient (Wildman–Crippen LogP) is -0.114. The number of aliphatic hydroxyl groups is 2. The molecule has 1 aromatic rings. The minimum absolute atomic E-state index is 0.594. The summed E-state index contributed by atoms with van der Waals surface area (Å²) in [4.78, 5) is 6.27. The number of hydrogen-bond acceptors (Lipinski definition) is 4. The summed E-state index contributed by atoms with van der Waals surface area (Å²) in [6, 6.07) is 1.79. The Labute approximate surface area is 95.2 Å². The van der Waals surface area contributed by atoms with Crippen LogP contribution in [0.5, 0.6) is 5.75 Å². The van der Waals surface area contributed by atoms with Crippen molar-refractivity contribution in [2.24, 2.45) is 0 Å². The van der Waals surface area contributed by atoms with E-state index in [0.29, 0.717) is 12.3 Å². The fourth-order valence-electron chi connectivity index (χ4n) is 1.68. The number of anilines is 1. The third-order valence-electron chi connectivity index (χ3n) is 2.62. The van der Waals surface area contributed by atoms with Gasteiger partial charge >= 0.3 is 0 Å². The highest BCUT2D eigenvalue weighted by Crippen LogP contribution is 2.17. The molecular formula is C11H18N3O2+. The van der Waals surface area contributed by atoms with Crippen molar-refractivity contribution >= 4 is 5.69 Å². The predicted molar refractivity (Wildman–Crippen MR) is 62.5 cm³/mol. The van der Waals surface area contributed by atoms with Crippen LogP contribution in [-0.2, 0) is 0 Å². The van der Waals surface area contributed by atoms with Crippen molar-refractivity contribution in [3.05, 3.63) is 18.5 Å². The molecule has 1 aliphatic rings. The van der Waals surface area contributed by atoms with Crippen molar-refractivity contribution in [1.82, 2.24) is 9.88 Å². The van der Waals surface area contributed by atoms with Gasteiger partial charge in [-0.1, -0.05) is 0 Å². The lowest BCUT2D eigenvalue weighted by Gasteiger charge is -2.23. The Hall–Kier alpha value is -1.33. The highest BCUT2D eigenvalue weighted by atomic mass is 16.5. The molecule has 0 amide bonds. The molecule has 0 radical (unpaired) electrons. The van der Waals surface area contributed by atoms with E-state index in [1.54, 1.807) is 18.5 Å². The molecule has 2 heterocycles. The van der Waals surface area contributed by atoms with Crippen LogP contribution in [0.15, 0.2) is 18.5 Å². The molecule has 1 fully saturated rings. The van der Waals surface area contributed by atoms with Crippen LogP contribution in [0.2, 0.25) is 0 Å². The summed E-state index contributed by atoms with van der Waals surface area (Å²) in [5, 5.41) is 0. The zero-order valence-corrected chi connectivity index (χ0v) is 9.30. The van der Waals surface area contributed by atoms with Crippen molar-refractivity contribution in [1.29, 1.82) is 0 Å². The molecule has 88 valence electrons. The van der Waals surface area contributed by atoms with E-state index in [1.165, 1.54) is 0 Å². The van der Waals surface area contributed by atoms with Crippen molar-refractivity contribution in [2.45, 2.75) is 0 Å². The molecule has 1 saturated heterocycles. The molecule has 5 nitrogen and oxygen atoms in total. The molecule has 1 aromatic heterocycles. The lowest BCUT2D eigenvalue weighted by molar-refractivity contribution is -0.0916. The van der Waals surface area contributed by atoms with Crippen LogP contribution in [0.1, 0.15) is 0 Å². The molecule has 16 heavy (non-hydrogen) atoms. The van der Waals surface area contributed by atoms with E-state index in [4.69, 9.17) is 10.5 Å². The number of pyridine rings is 1. The molecule has 2 rings (SSSR count). The van der Waals surface area contributed by atoms with Crippen LogP contribution in [0.4, 0.5) is 5.69 Å². The number of ether oxygens (including phenoxy) is 2. The third-order valence-corrected chi connectivity index (χ3v) is 2.62. The van der Waals surface area contributed by atoms with Gasteiger partial charge in [0.2, 0.25) is 0 Å². The van der Waals surface area contributed by atoms with Crippen LogP contribution in [0.25, 0.3) is 0 Å². The van der Waals surface area contributed by atoms with Gasteiger partial charge in [0, 0.05) is 18.8 Å². The smallest absolute Gasteiger partial charge is 0.157 e. The SMILES string of the molecule is Nc1cnccc1OCCN1CC[OH+]CC1. The Morgan fingerprint density at radius 1 is 1.44 bits per heavy atom. The second-order valence-electron chi connectivity index (χ2n) is 3.77. The molecule has 0 aliphatic carbocycles. The quantitative estimate of drug-likeness (QED) is 0.725. The maximum Gasteiger partial charge on any atom is 0.157 e. The van der Waals surface area contributed by atoms with Crippen LogP contribution in [0.3, 0.4) is 0 Å². The summed E-state index contributed by atoms with van der Waals surface area (Å²) >= 11 is 0. The minimum Gasteiger partial charge on any atom is -0.490 e. The molecular weight excluding hydrogens is 206 g/mol. The van der Waals surface area contributed by atoms with E-state index < -0.39 is 0 Å². The largest absolute Gasteiger partial charge is 0.490 e. The lowest BCUT2D eigenvalue weighted by atomic mass is 10.4. The minimum atomic E-state index is 0.594. The van der Waals surface area contributed by atoms with Crippen molar-refractivity contribution in [2.75, 3.05) is 45.2 Å². The van der Waals surface area contributed by atoms with E-state index in [2.05, 4.69) is 14.6 Å². The van der Waals surface area contributed by atoms with E-state index in [-0.39, 0.29) is 0 Å². The van der Waals surface area contributed by atoms with E-state index in [1.807, 2.05) is 0 Å². The number of aromatic nitrogens is 1. The van der Waals surface area contributed by atoms with Gasteiger partial charge in [0.15, 0.2) is 13.2 Å². The molecule has 0 bridgehead atoms. The van der Waals surface area contributed by atoms with Crippen LogP contribution in [-0.4, -0.2) is 54.1 Å². The van der Waals surface area contributed by atoms with Gasteiger partial charge < -0.3 is 15.2 Å². The Balaban J connectivity index is 1.73. The summed E-state index contributed by atoms with van der Waals surface area (Å²) in [6.07, 6.45) is 3.29. The maximum absolute atomic E-state index is 5.72. The summed E-state index contributed by atoms with van der Waals surface area (Å²) in [6.45, 7) is 5.55. The average molecular weight is 224 g/mol. The van der Waals surface area contributed by atoms with Gasteiger partial charge in [0.25, 0.3) is 0 Å². The number of nitrogens with two attached hydrogens (primary N) is 1. The standard InChI is InChI=1S/C11H17N3O2/c12-10-9-13-2-1-11(10)16-8-5-14-3-6-15-7-4-14/h1-2,9H,3-8,12H2/p+1. The molecule has 0 saturated carbocycles. The van der Waals surface area contributed by atoms with Crippen LogP contribution < -0.4 is 10.5 Å². The number of nitrogen functional groups attached to an aromatic ring is 1. The first-order valence-electron chi connectivity index (χ1n) is 5.54. The number of morpholine rings is 1. The first-order chi connectivity index (χ1) is 7.86. The molecule has 0 atom stereocenters. The second kappa shape index (κ2) is 5.67. The zero-order valence-electron chi connectivity index (χ0n) is 9.30. The Bertz CT molecular complexity index is 327. The highest BCUT2D eigenvalue weighted by Gasteiger charge is 2.12. The lowest BCUT2D eigenvalue weighted by Crippen LogP contribution is -2.40. The third kappa shape index (κ3) is 3.08. The van der Waals surface area contributed by atoms with Gasteiger partial charge in [0.05, 0.1) is 25.0 Å². The highest BCUT2D eigenvalue weighted by molar-refractivity contribution is 5.49. The number of hydrogen-bond donors (Lipinski definition) is 1. The summed E-state index contributed by atoms with van der Waals surface area (Å²) in [7, 11) is 0. The number of nitrogens with zero attached hydrogens (tertiary/aromatic N) is 2. The summed E-state index contributed by atoms with van der Waals surface area (Å²) in [5.74, 6) is 0.719. The monoisotopic (exact) mass is 224 g/mol. The zero-order chi connectivity index (χ0) is 11.2. The molecule has 0 spiro atoms. The molecule has 5 heteroatoms. The van der Waals surface area contributed by atoms with E-state index >= 15 is 0 Å². The molecule has 0 unspecified atom stereocenters. The van der Waals surface area contributed by atoms with Gasteiger partial charge in [-0.15, -0.1) is 0 Å². The summed E-state index contributed by atoms with van der Waals surface area (Å²) < 4.78 is 9.90. The number of rotatable bonds is 4. The van der Waals surface area contributed by atoms with Crippen molar-refractivity contribution < 1.29 is 9.47 Å².